The van der Waals surface area contributed by atoms with Gasteiger partial charge in [-0.15, -0.1) is 6.58 Å². The summed E-state index contributed by atoms with van der Waals surface area (Å²) < 4.78 is 22.6. The Bertz CT molecular complexity index is 282. The van der Waals surface area contributed by atoms with Crippen LogP contribution in [-0.4, -0.2) is 31.9 Å². The van der Waals surface area contributed by atoms with Crippen molar-refractivity contribution >= 4 is 15.7 Å². The lowest BCUT2D eigenvalue weighted by Gasteiger charge is -2.10. The molecule has 0 aliphatic heterocycles. The summed E-state index contributed by atoms with van der Waals surface area (Å²) in [5, 5.41) is 1.46. The molecule has 1 N–H and O–H groups in total. The summed E-state index contributed by atoms with van der Waals surface area (Å²) in [6.07, 6.45) is 1.28. The van der Waals surface area contributed by atoms with E-state index in [0.717, 1.165) is 0 Å². The number of rotatable bonds is 5. The highest BCUT2D eigenvalue weighted by molar-refractivity contribution is 7.92. The van der Waals surface area contributed by atoms with Gasteiger partial charge in [0.25, 0.3) is 0 Å². The van der Waals surface area contributed by atoms with E-state index in [1.807, 2.05) is 0 Å². The zero-order valence-corrected chi connectivity index (χ0v) is 8.73. The second-order valence-corrected chi connectivity index (χ2v) is 5.02. The summed E-state index contributed by atoms with van der Waals surface area (Å²) in [6.45, 7) is 6.88. The zero-order valence-electron chi connectivity index (χ0n) is 7.91. The molecule has 0 aromatic rings. The second-order valence-electron chi connectivity index (χ2n) is 2.66. The molecular weight excluding hydrogens is 190 g/mol. The van der Waals surface area contributed by atoms with Crippen LogP contribution in [0.4, 0.5) is 0 Å². The summed E-state index contributed by atoms with van der Waals surface area (Å²) >= 11 is 0. The van der Waals surface area contributed by atoms with Crippen molar-refractivity contribution in [2.24, 2.45) is 0 Å². The Hall–Kier alpha value is -0.840. The van der Waals surface area contributed by atoms with Crippen molar-refractivity contribution in [2.45, 2.75) is 19.1 Å². The molecule has 0 spiro atoms. The predicted molar refractivity (Wildman–Crippen MR) is 52.1 cm³/mol. The highest BCUT2D eigenvalue weighted by atomic mass is 32.2. The molecule has 1 atom stereocenters. The van der Waals surface area contributed by atoms with E-state index in [2.05, 4.69) is 11.9 Å². The largest absolute Gasteiger partial charge is 0.355 e. The van der Waals surface area contributed by atoms with Gasteiger partial charge >= 0.3 is 0 Å². The monoisotopic (exact) mass is 205 g/mol. The first-order chi connectivity index (χ1) is 5.95. The van der Waals surface area contributed by atoms with Gasteiger partial charge < -0.3 is 5.32 Å². The van der Waals surface area contributed by atoms with Gasteiger partial charge in [0.15, 0.2) is 9.84 Å². The van der Waals surface area contributed by atoms with Crippen molar-refractivity contribution in [3.8, 4) is 0 Å². The molecule has 0 saturated heterocycles. The maximum atomic E-state index is 11.3. The summed E-state index contributed by atoms with van der Waals surface area (Å²) in [5.41, 5.74) is 0. The van der Waals surface area contributed by atoms with Crippen LogP contribution in [0.2, 0.25) is 0 Å². The molecular formula is C8H15NO3S. The Balaban J connectivity index is 4.49. The molecule has 0 heterocycles. The summed E-state index contributed by atoms with van der Waals surface area (Å²) in [4.78, 5) is 11.1. The lowest BCUT2D eigenvalue weighted by molar-refractivity contribution is -0.120. The van der Waals surface area contributed by atoms with Gasteiger partial charge in [-0.1, -0.05) is 6.08 Å². The molecule has 0 bridgehead atoms. The van der Waals surface area contributed by atoms with Gasteiger partial charge in [0, 0.05) is 6.54 Å². The predicted octanol–water partition coefficient (Wildman–Crippen LogP) is 0.112. The Morgan fingerprint density at radius 2 is 2.15 bits per heavy atom. The summed E-state index contributed by atoms with van der Waals surface area (Å²) in [7, 11) is -3.36. The van der Waals surface area contributed by atoms with Crippen molar-refractivity contribution in [1.29, 1.82) is 0 Å². The highest BCUT2D eigenvalue weighted by Crippen LogP contribution is 2.02. The molecule has 0 rings (SSSR count). The normalized spacial score (nSPS) is 13.4. The molecule has 4 nitrogen and oxygen atoms in total. The van der Waals surface area contributed by atoms with Crippen LogP contribution in [0, 0.1) is 0 Å². The average Bonchev–Trinajstić information content (AvgIpc) is 2.03. The number of nitrogens with one attached hydrogen (secondary N) is 1. The molecule has 76 valence electrons. The van der Waals surface area contributed by atoms with Crippen molar-refractivity contribution in [1.82, 2.24) is 5.32 Å². The molecule has 13 heavy (non-hydrogen) atoms. The third-order valence-electron chi connectivity index (χ3n) is 1.61. The molecule has 0 aliphatic carbocycles. The van der Waals surface area contributed by atoms with E-state index in [9.17, 15) is 13.2 Å². The number of hydrogen-bond acceptors (Lipinski definition) is 3. The number of carbonyl (C=O) groups is 1. The van der Waals surface area contributed by atoms with Gasteiger partial charge in [0.2, 0.25) is 5.91 Å². The molecule has 1 unspecified atom stereocenters. The first-order valence-corrected chi connectivity index (χ1v) is 5.77. The van der Waals surface area contributed by atoms with Gasteiger partial charge in [-0.25, -0.2) is 8.42 Å². The highest BCUT2D eigenvalue weighted by Gasteiger charge is 2.25. The molecule has 0 radical (unpaired) electrons. The Kier molecular flexibility index (Phi) is 4.69. The molecule has 0 aliphatic rings. The number of hydrogen-bond donors (Lipinski definition) is 1. The number of carbonyl (C=O) groups excluding carboxylic acids is 1. The third kappa shape index (κ3) is 3.59. The van der Waals surface area contributed by atoms with Crippen LogP contribution in [0.25, 0.3) is 0 Å². The molecule has 0 aromatic heterocycles. The number of amides is 1. The quantitative estimate of drug-likeness (QED) is 0.648. The van der Waals surface area contributed by atoms with Crippen LogP contribution in [0.5, 0.6) is 0 Å². The minimum atomic E-state index is -3.36. The van der Waals surface area contributed by atoms with Crippen LogP contribution in [0.15, 0.2) is 12.7 Å². The van der Waals surface area contributed by atoms with E-state index in [1.165, 1.54) is 13.0 Å². The van der Waals surface area contributed by atoms with Crippen LogP contribution in [0.1, 0.15) is 13.8 Å². The lowest BCUT2D eigenvalue weighted by Crippen LogP contribution is -2.38. The topological polar surface area (TPSA) is 63.2 Å². The number of sulfone groups is 1. The third-order valence-corrected chi connectivity index (χ3v) is 3.60. The van der Waals surface area contributed by atoms with Gasteiger partial charge in [0.1, 0.15) is 5.25 Å². The first-order valence-electron chi connectivity index (χ1n) is 4.06. The summed E-state index contributed by atoms with van der Waals surface area (Å²) in [5.74, 6) is -0.616. The summed E-state index contributed by atoms with van der Waals surface area (Å²) in [6, 6.07) is 0. The van der Waals surface area contributed by atoms with Crippen molar-refractivity contribution in [3.05, 3.63) is 12.7 Å². The molecule has 0 aromatic carbocycles. The Morgan fingerprint density at radius 1 is 1.62 bits per heavy atom. The maximum absolute atomic E-state index is 11.3. The molecule has 0 saturated carbocycles. The van der Waals surface area contributed by atoms with E-state index in [-0.39, 0.29) is 5.75 Å². The van der Waals surface area contributed by atoms with Crippen LogP contribution in [-0.2, 0) is 14.6 Å². The van der Waals surface area contributed by atoms with Crippen LogP contribution < -0.4 is 5.32 Å². The average molecular weight is 205 g/mol. The zero-order chi connectivity index (χ0) is 10.5. The van der Waals surface area contributed by atoms with Crippen LogP contribution >= 0.6 is 0 Å². The first kappa shape index (κ1) is 12.2. The minimum Gasteiger partial charge on any atom is -0.355 e. The SMILES string of the molecule is C=CCS(=O)(=O)C(C)C(=O)NCC. The molecule has 5 heteroatoms. The van der Waals surface area contributed by atoms with E-state index in [0.29, 0.717) is 6.54 Å². The van der Waals surface area contributed by atoms with Crippen molar-refractivity contribution in [3.63, 3.8) is 0 Å². The molecule has 1 amide bonds. The Morgan fingerprint density at radius 3 is 2.54 bits per heavy atom. The van der Waals surface area contributed by atoms with E-state index >= 15 is 0 Å². The standard InChI is InChI=1S/C8H15NO3S/c1-4-6-13(11,12)7(3)8(10)9-5-2/h4,7H,1,5-6H2,2-3H3,(H,9,10). The Labute approximate surface area is 78.9 Å². The van der Waals surface area contributed by atoms with Crippen molar-refractivity contribution < 1.29 is 13.2 Å². The minimum absolute atomic E-state index is 0.161. The van der Waals surface area contributed by atoms with Gasteiger partial charge in [-0.2, -0.15) is 0 Å². The fourth-order valence-corrected chi connectivity index (χ4v) is 1.82. The van der Waals surface area contributed by atoms with Gasteiger partial charge in [0.05, 0.1) is 5.75 Å². The van der Waals surface area contributed by atoms with E-state index < -0.39 is 21.0 Å². The van der Waals surface area contributed by atoms with Crippen LogP contribution in [0.3, 0.4) is 0 Å². The van der Waals surface area contributed by atoms with Gasteiger partial charge in [-0.05, 0) is 13.8 Å². The van der Waals surface area contributed by atoms with Gasteiger partial charge in [-0.3, -0.25) is 4.79 Å². The maximum Gasteiger partial charge on any atom is 0.238 e. The fourth-order valence-electron chi connectivity index (χ4n) is 0.790. The smallest absolute Gasteiger partial charge is 0.238 e. The van der Waals surface area contributed by atoms with E-state index in [1.54, 1.807) is 6.92 Å². The van der Waals surface area contributed by atoms with E-state index in [4.69, 9.17) is 0 Å². The lowest BCUT2D eigenvalue weighted by atomic mass is 10.4. The second kappa shape index (κ2) is 5.01. The van der Waals surface area contributed by atoms with Crippen molar-refractivity contribution in [2.75, 3.05) is 12.3 Å². The molecule has 0 fully saturated rings. The fraction of sp³-hybridized carbons (Fsp3) is 0.625.